The largest absolute Gasteiger partial charge is 0.361 e. The molecule has 0 atom stereocenters. The van der Waals surface area contributed by atoms with Crippen LogP contribution in [0.5, 0.6) is 0 Å². The summed E-state index contributed by atoms with van der Waals surface area (Å²) >= 11 is 7.36. The first kappa shape index (κ1) is 12.8. The van der Waals surface area contributed by atoms with Gasteiger partial charge >= 0.3 is 0 Å². The molecule has 1 heterocycles. The van der Waals surface area contributed by atoms with Crippen LogP contribution in [0.3, 0.4) is 0 Å². The zero-order valence-corrected chi connectivity index (χ0v) is 11.2. The van der Waals surface area contributed by atoms with E-state index < -0.39 is 0 Å². The van der Waals surface area contributed by atoms with Gasteiger partial charge in [-0.15, -0.1) is 22.9 Å². The molecule has 0 fully saturated rings. The molecule has 2 nitrogen and oxygen atoms in total. The van der Waals surface area contributed by atoms with Gasteiger partial charge in [-0.1, -0.05) is 13.8 Å². The summed E-state index contributed by atoms with van der Waals surface area (Å²) in [5.41, 5.74) is 1.37. The number of nitrogens with zero attached hydrogens (tertiary/aromatic N) is 1. The molecular weight excluding hydrogens is 228 g/mol. The van der Waals surface area contributed by atoms with E-state index in [-0.39, 0.29) is 5.41 Å². The number of hydrogen-bond acceptors (Lipinski definition) is 3. The SMILES string of the molecule is Cc1csc(NCC(C)(C)CCCCl)n1. The van der Waals surface area contributed by atoms with Crippen molar-refractivity contribution in [3.05, 3.63) is 11.1 Å². The summed E-state index contributed by atoms with van der Waals surface area (Å²) in [4.78, 5) is 4.38. The smallest absolute Gasteiger partial charge is 0.182 e. The molecule has 0 aromatic carbocycles. The van der Waals surface area contributed by atoms with Gasteiger partial charge in [-0.3, -0.25) is 0 Å². The van der Waals surface area contributed by atoms with Gasteiger partial charge < -0.3 is 5.32 Å². The Bertz CT molecular complexity index is 297. The standard InChI is InChI=1S/C11H19ClN2S/c1-9-7-15-10(14-9)13-8-11(2,3)5-4-6-12/h7H,4-6,8H2,1-3H3,(H,13,14). The second-order valence-electron chi connectivity index (χ2n) is 4.60. The Morgan fingerprint density at radius 2 is 2.27 bits per heavy atom. The molecule has 0 aliphatic heterocycles. The van der Waals surface area contributed by atoms with E-state index in [4.69, 9.17) is 11.6 Å². The summed E-state index contributed by atoms with van der Waals surface area (Å²) in [5, 5.41) is 6.46. The molecule has 86 valence electrons. The summed E-state index contributed by atoms with van der Waals surface area (Å²) in [5.74, 6) is 0.750. The van der Waals surface area contributed by atoms with E-state index >= 15 is 0 Å². The minimum atomic E-state index is 0.286. The van der Waals surface area contributed by atoms with E-state index in [9.17, 15) is 0 Å². The summed E-state index contributed by atoms with van der Waals surface area (Å²) in [6.45, 7) is 7.48. The Labute approximate surface area is 101 Å². The van der Waals surface area contributed by atoms with E-state index in [0.29, 0.717) is 0 Å². The molecule has 0 spiro atoms. The number of rotatable bonds is 6. The lowest BCUT2D eigenvalue weighted by atomic mass is 9.88. The highest BCUT2D eigenvalue weighted by molar-refractivity contribution is 7.13. The quantitative estimate of drug-likeness (QED) is 0.770. The van der Waals surface area contributed by atoms with Crippen LogP contribution in [0, 0.1) is 12.3 Å². The molecule has 15 heavy (non-hydrogen) atoms. The fourth-order valence-corrected chi connectivity index (χ4v) is 2.20. The molecule has 1 aromatic heterocycles. The molecule has 0 aliphatic rings. The van der Waals surface area contributed by atoms with Crippen LogP contribution < -0.4 is 5.32 Å². The van der Waals surface area contributed by atoms with Crippen LogP contribution in [-0.4, -0.2) is 17.4 Å². The monoisotopic (exact) mass is 246 g/mol. The number of hydrogen-bond donors (Lipinski definition) is 1. The maximum atomic E-state index is 5.70. The summed E-state index contributed by atoms with van der Waals surface area (Å²) < 4.78 is 0. The van der Waals surface area contributed by atoms with Crippen molar-refractivity contribution in [2.75, 3.05) is 17.7 Å². The molecule has 4 heteroatoms. The number of alkyl halides is 1. The molecule has 0 radical (unpaired) electrons. The van der Waals surface area contributed by atoms with Crippen molar-refractivity contribution in [2.24, 2.45) is 5.41 Å². The molecule has 0 saturated heterocycles. The van der Waals surface area contributed by atoms with Crippen LogP contribution in [0.15, 0.2) is 5.38 Å². The van der Waals surface area contributed by atoms with Crippen molar-refractivity contribution in [1.29, 1.82) is 0 Å². The second kappa shape index (κ2) is 5.71. The Kier molecular flexibility index (Phi) is 4.87. The lowest BCUT2D eigenvalue weighted by Crippen LogP contribution is -2.23. The third-order valence-corrected chi connectivity index (χ3v) is 3.51. The molecule has 0 aliphatic carbocycles. The number of aromatic nitrogens is 1. The lowest BCUT2D eigenvalue weighted by molar-refractivity contribution is 0.355. The normalized spacial score (nSPS) is 11.7. The van der Waals surface area contributed by atoms with Gasteiger partial charge in [0.1, 0.15) is 0 Å². The van der Waals surface area contributed by atoms with Gasteiger partial charge in [-0.05, 0) is 25.2 Å². The minimum Gasteiger partial charge on any atom is -0.361 e. The fourth-order valence-electron chi connectivity index (χ4n) is 1.38. The van der Waals surface area contributed by atoms with Crippen LogP contribution in [0.25, 0.3) is 0 Å². The number of thiazole rings is 1. The molecule has 1 aromatic rings. The maximum Gasteiger partial charge on any atom is 0.182 e. The van der Waals surface area contributed by atoms with E-state index in [1.54, 1.807) is 11.3 Å². The van der Waals surface area contributed by atoms with E-state index in [1.807, 2.05) is 6.92 Å². The number of nitrogens with one attached hydrogen (secondary N) is 1. The molecule has 1 rings (SSSR count). The molecule has 0 bridgehead atoms. The molecule has 0 amide bonds. The summed E-state index contributed by atoms with van der Waals surface area (Å²) in [7, 11) is 0. The number of anilines is 1. The first-order chi connectivity index (χ1) is 7.03. The zero-order chi connectivity index (χ0) is 11.3. The highest BCUT2D eigenvalue weighted by Crippen LogP contribution is 2.24. The van der Waals surface area contributed by atoms with Crippen molar-refractivity contribution in [3.63, 3.8) is 0 Å². The predicted molar refractivity (Wildman–Crippen MR) is 69.1 cm³/mol. The highest BCUT2D eigenvalue weighted by Gasteiger charge is 2.17. The van der Waals surface area contributed by atoms with Gasteiger partial charge in [0.25, 0.3) is 0 Å². The van der Waals surface area contributed by atoms with Crippen LogP contribution >= 0.6 is 22.9 Å². The zero-order valence-electron chi connectivity index (χ0n) is 9.64. The topological polar surface area (TPSA) is 24.9 Å². The predicted octanol–water partition coefficient (Wildman–Crippen LogP) is 3.91. The molecule has 1 N–H and O–H groups in total. The Morgan fingerprint density at radius 1 is 1.53 bits per heavy atom. The first-order valence-electron chi connectivity index (χ1n) is 5.25. The average Bonchev–Trinajstić information content (AvgIpc) is 2.59. The van der Waals surface area contributed by atoms with Gasteiger partial charge in [0.2, 0.25) is 0 Å². The Hall–Kier alpha value is -0.280. The van der Waals surface area contributed by atoms with Gasteiger partial charge in [0, 0.05) is 17.8 Å². The van der Waals surface area contributed by atoms with Crippen LogP contribution in [0.2, 0.25) is 0 Å². The fraction of sp³-hybridized carbons (Fsp3) is 0.727. The van der Waals surface area contributed by atoms with Gasteiger partial charge in [0.15, 0.2) is 5.13 Å². The molecular formula is C11H19ClN2S. The van der Waals surface area contributed by atoms with Crippen molar-refractivity contribution < 1.29 is 0 Å². The van der Waals surface area contributed by atoms with E-state index in [0.717, 1.165) is 36.1 Å². The van der Waals surface area contributed by atoms with Gasteiger partial charge in [-0.25, -0.2) is 4.98 Å². The Balaban J connectivity index is 2.35. The summed E-state index contributed by atoms with van der Waals surface area (Å²) in [6, 6.07) is 0. The van der Waals surface area contributed by atoms with Crippen molar-refractivity contribution in [1.82, 2.24) is 4.98 Å². The number of halogens is 1. The van der Waals surface area contributed by atoms with Crippen LogP contribution in [0.4, 0.5) is 5.13 Å². The molecule has 0 unspecified atom stereocenters. The second-order valence-corrected chi connectivity index (χ2v) is 5.84. The highest BCUT2D eigenvalue weighted by atomic mass is 35.5. The summed E-state index contributed by atoms with van der Waals surface area (Å²) in [6.07, 6.45) is 2.22. The van der Waals surface area contributed by atoms with Gasteiger partial charge in [-0.2, -0.15) is 0 Å². The first-order valence-corrected chi connectivity index (χ1v) is 6.67. The van der Waals surface area contributed by atoms with Crippen LogP contribution in [-0.2, 0) is 0 Å². The van der Waals surface area contributed by atoms with E-state index in [2.05, 4.69) is 29.5 Å². The maximum absolute atomic E-state index is 5.70. The van der Waals surface area contributed by atoms with Crippen molar-refractivity contribution in [3.8, 4) is 0 Å². The lowest BCUT2D eigenvalue weighted by Gasteiger charge is -2.24. The van der Waals surface area contributed by atoms with Crippen molar-refractivity contribution >= 4 is 28.1 Å². The number of aryl methyl sites for hydroxylation is 1. The average molecular weight is 247 g/mol. The van der Waals surface area contributed by atoms with Gasteiger partial charge in [0.05, 0.1) is 5.69 Å². The van der Waals surface area contributed by atoms with E-state index in [1.165, 1.54) is 0 Å². The minimum absolute atomic E-state index is 0.286. The van der Waals surface area contributed by atoms with Crippen molar-refractivity contribution in [2.45, 2.75) is 33.6 Å². The molecule has 0 saturated carbocycles. The third-order valence-electron chi connectivity index (χ3n) is 2.32. The third kappa shape index (κ3) is 4.85. The Morgan fingerprint density at radius 3 is 2.80 bits per heavy atom. The van der Waals surface area contributed by atoms with Crippen LogP contribution in [0.1, 0.15) is 32.4 Å².